The van der Waals surface area contributed by atoms with Crippen molar-refractivity contribution in [1.82, 2.24) is 0 Å². The van der Waals surface area contributed by atoms with Crippen LogP contribution in [-0.2, 0) is 9.59 Å². The highest BCUT2D eigenvalue weighted by molar-refractivity contribution is 6.23. The third-order valence-electron chi connectivity index (χ3n) is 2.89. The fourth-order valence-corrected chi connectivity index (χ4v) is 2.08. The van der Waals surface area contributed by atoms with Crippen molar-refractivity contribution in [3.8, 4) is 0 Å². The minimum Gasteiger partial charge on any atom is -0.274 e. The van der Waals surface area contributed by atoms with Crippen molar-refractivity contribution in [2.24, 2.45) is 16.1 Å². The molecule has 0 saturated carbocycles. The first-order valence-electron chi connectivity index (χ1n) is 5.08. The predicted octanol–water partition coefficient (Wildman–Crippen LogP) is 1.01. The molecule has 1 aromatic carbocycles. The maximum atomic E-state index is 12.0. The van der Waals surface area contributed by atoms with Gasteiger partial charge in [0.2, 0.25) is 5.91 Å². The second-order valence-electron chi connectivity index (χ2n) is 3.84. The van der Waals surface area contributed by atoms with Crippen molar-refractivity contribution >= 4 is 17.5 Å². The van der Waals surface area contributed by atoms with Crippen LogP contribution in [0.1, 0.15) is 0 Å². The van der Waals surface area contributed by atoms with Gasteiger partial charge in [0.1, 0.15) is 0 Å². The Bertz CT molecular complexity index is 483. The zero-order chi connectivity index (χ0) is 11.1. The summed E-state index contributed by atoms with van der Waals surface area (Å²) in [7, 11) is 0. The Morgan fingerprint density at radius 1 is 1.12 bits per heavy atom. The third kappa shape index (κ3) is 1.11. The van der Waals surface area contributed by atoms with Crippen molar-refractivity contribution in [3.05, 3.63) is 30.3 Å². The molecule has 0 unspecified atom stereocenters. The number of fused-ring (bicyclic) bond motifs is 1. The van der Waals surface area contributed by atoms with E-state index in [1.807, 2.05) is 6.07 Å². The Morgan fingerprint density at radius 2 is 1.88 bits per heavy atom. The molecule has 2 heterocycles. The van der Waals surface area contributed by atoms with Crippen LogP contribution in [-0.4, -0.2) is 24.4 Å². The predicted molar refractivity (Wildman–Crippen MR) is 55.9 cm³/mol. The number of imide groups is 1. The van der Waals surface area contributed by atoms with Crippen molar-refractivity contribution in [1.29, 1.82) is 0 Å². The molecule has 2 amide bonds. The van der Waals surface area contributed by atoms with E-state index in [1.54, 1.807) is 24.3 Å². The minimum atomic E-state index is -0.590. The molecule has 0 aliphatic carbocycles. The summed E-state index contributed by atoms with van der Waals surface area (Å²) in [6.45, 7) is 0.332. The Labute approximate surface area is 91.8 Å². The number of carbonyl (C=O) groups excluding carboxylic acids is 2. The van der Waals surface area contributed by atoms with Crippen LogP contribution >= 0.6 is 0 Å². The first-order chi connectivity index (χ1) is 7.79. The van der Waals surface area contributed by atoms with Gasteiger partial charge in [-0.3, -0.25) is 9.59 Å². The number of benzene rings is 1. The highest BCUT2D eigenvalue weighted by Crippen LogP contribution is 2.31. The largest absolute Gasteiger partial charge is 0.274 e. The summed E-state index contributed by atoms with van der Waals surface area (Å²) in [6, 6.07) is 8.33. The van der Waals surface area contributed by atoms with Gasteiger partial charge < -0.3 is 0 Å². The fourth-order valence-electron chi connectivity index (χ4n) is 2.08. The Balaban J connectivity index is 2.01. The third-order valence-corrected chi connectivity index (χ3v) is 2.89. The number of anilines is 1. The molecule has 0 aromatic heterocycles. The van der Waals surface area contributed by atoms with Gasteiger partial charge in [-0.1, -0.05) is 18.2 Å². The van der Waals surface area contributed by atoms with Crippen molar-refractivity contribution in [3.63, 3.8) is 0 Å². The van der Waals surface area contributed by atoms with Gasteiger partial charge >= 0.3 is 0 Å². The van der Waals surface area contributed by atoms with Gasteiger partial charge in [0.15, 0.2) is 6.04 Å². The van der Waals surface area contributed by atoms with Crippen LogP contribution in [0.5, 0.6) is 0 Å². The molecule has 2 aliphatic rings. The summed E-state index contributed by atoms with van der Waals surface area (Å²) >= 11 is 0. The Hall–Kier alpha value is -2.04. The van der Waals surface area contributed by atoms with Gasteiger partial charge in [-0.25, -0.2) is 4.90 Å². The molecule has 1 saturated heterocycles. The standard InChI is InChI=1S/C11H9N3O2/c15-10-8-6-12-13-9(8)11(16)14(10)7-4-2-1-3-5-7/h1-5,8-9H,6H2/t8-,9-/m0/s1. The number of nitrogens with zero attached hydrogens (tertiary/aromatic N) is 3. The molecule has 0 N–H and O–H groups in total. The molecule has 2 atom stereocenters. The van der Waals surface area contributed by atoms with Gasteiger partial charge in [0, 0.05) is 0 Å². The van der Waals surface area contributed by atoms with E-state index in [4.69, 9.17) is 0 Å². The van der Waals surface area contributed by atoms with Crippen LogP contribution in [0.2, 0.25) is 0 Å². The Morgan fingerprint density at radius 3 is 2.56 bits per heavy atom. The fraction of sp³-hybridized carbons (Fsp3) is 0.273. The zero-order valence-electron chi connectivity index (χ0n) is 8.41. The van der Waals surface area contributed by atoms with Crippen LogP contribution in [0, 0.1) is 5.92 Å². The van der Waals surface area contributed by atoms with E-state index < -0.39 is 6.04 Å². The molecule has 1 aromatic rings. The van der Waals surface area contributed by atoms with Crippen molar-refractivity contribution in [2.75, 3.05) is 11.4 Å². The molecule has 5 nitrogen and oxygen atoms in total. The van der Waals surface area contributed by atoms with E-state index in [0.29, 0.717) is 12.2 Å². The number of amides is 2. The van der Waals surface area contributed by atoms with E-state index in [-0.39, 0.29) is 17.7 Å². The number of azo groups is 1. The molecule has 2 aliphatic heterocycles. The lowest BCUT2D eigenvalue weighted by atomic mass is 10.1. The second-order valence-corrected chi connectivity index (χ2v) is 3.84. The summed E-state index contributed by atoms with van der Waals surface area (Å²) < 4.78 is 0. The van der Waals surface area contributed by atoms with Gasteiger partial charge in [0.25, 0.3) is 5.91 Å². The van der Waals surface area contributed by atoms with E-state index in [0.717, 1.165) is 0 Å². The summed E-state index contributed by atoms with van der Waals surface area (Å²) in [6.07, 6.45) is 0. The molecule has 5 heteroatoms. The molecule has 80 valence electrons. The average molecular weight is 215 g/mol. The van der Waals surface area contributed by atoms with Crippen LogP contribution in [0.25, 0.3) is 0 Å². The van der Waals surface area contributed by atoms with E-state index in [1.165, 1.54) is 4.90 Å². The summed E-state index contributed by atoms with van der Waals surface area (Å²) in [5, 5.41) is 7.57. The van der Waals surface area contributed by atoms with Gasteiger partial charge in [-0.2, -0.15) is 10.2 Å². The van der Waals surface area contributed by atoms with E-state index in [9.17, 15) is 9.59 Å². The monoisotopic (exact) mass is 215 g/mol. The molecule has 0 bridgehead atoms. The van der Waals surface area contributed by atoms with Gasteiger partial charge in [-0.05, 0) is 12.1 Å². The molecule has 0 radical (unpaired) electrons. The second kappa shape index (κ2) is 3.23. The van der Waals surface area contributed by atoms with Crippen LogP contribution in [0.3, 0.4) is 0 Å². The number of rotatable bonds is 1. The van der Waals surface area contributed by atoms with Gasteiger partial charge in [-0.15, -0.1) is 0 Å². The van der Waals surface area contributed by atoms with Crippen LogP contribution in [0.15, 0.2) is 40.6 Å². The number of hydrogen-bond donors (Lipinski definition) is 0. The molecule has 1 fully saturated rings. The topological polar surface area (TPSA) is 62.1 Å². The Kier molecular flexibility index (Phi) is 1.86. The molecular formula is C11H9N3O2. The van der Waals surface area contributed by atoms with Gasteiger partial charge in [0.05, 0.1) is 18.2 Å². The average Bonchev–Trinajstić information content (AvgIpc) is 2.86. The maximum absolute atomic E-state index is 12.0. The summed E-state index contributed by atoms with van der Waals surface area (Å²) in [5.74, 6) is -0.832. The summed E-state index contributed by atoms with van der Waals surface area (Å²) in [4.78, 5) is 25.1. The lowest BCUT2D eigenvalue weighted by Crippen LogP contribution is -2.31. The normalized spacial score (nSPS) is 27.6. The van der Waals surface area contributed by atoms with E-state index >= 15 is 0 Å². The molecule has 0 spiro atoms. The smallest absolute Gasteiger partial charge is 0.261 e. The molecular weight excluding hydrogens is 206 g/mol. The SMILES string of the molecule is O=C1[C@H]2CN=N[C@@H]2C(=O)N1c1ccccc1. The van der Waals surface area contributed by atoms with Crippen LogP contribution < -0.4 is 4.90 Å². The van der Waals surface area contributed by atoms with Crippen molar-refractivity contribution < 1.29 is 9.59 Å². The number of para-hydroxylation sites is 1. The van der Waals surface area contributed by atoms with Crippen molar-refractivity contribution in [2.45, 2.75) is 6.04 Å². The molecule has 16 heavy (non-hydrogen) atoms. The van der Waals surface area contributed by atoms with Crippen LogP contribution in [0.4, 0.5) is 5.69 Å². The lowest BCUT2D eigenvalue weighted by molar-refractivity contribution is -0.122. The van der Waals surface area contributed by atoms with E-state index in [2.05, 4.69) is 10.2 Å². The minimum absolute atomic E-state index is 0.189. The number of carbonyl (C=O) groups is 2. The first-order valence-corrected chi connectivity index (χ1v) is 5.08. The quantitative estimate of drug-likeness (QED) is 0.656. The highest BCUT2D eigenvalue weighted by atomic mass is 16.2. The summed E-state index contributed by atoms with van der Waals surface area (Å²) in [5.41, 5.74) is 0.613. The lowest BCUT2D eigenvalue weighted by Gasteiger charge is -2.14. The number of hydrogen-bond acceptors (Lipinski definition) is 4. The zero-order valence-corrected chi connectivity index (χ0v) is 8.41. The maximum Gasteiger partial charge on any atom is 0.261 e. The first kappa shape index (κ1) is 9.21. The highest BCUT2D eigenvalue weighted by Gasteiger charge is 2.50. The molecule has 3 rings (SSSR count).